The third kappa shape index (κ3) is 3.08. The summed E-state index contributed by atoms with van der Waals surface area (Å²) in [5.74, 6) is 1.20. The molecule has 5 heteroatoms. The Morgan fingerprint density at radius 3 is 2.39 bits per heavy atom. The van der Waals surface area contributed by atoms with Gasteiger partial charge in [-0.25, -0.2) is 9.78 Å². The van der Waals surface area contributed by atoms with Gasteiger partial charge in [0.15, 0.2) is 11.5 Å². The minimum absolute atomic E-state index is 0.235. The molecule has 0 bridgehead atoms. The maximum Gasteiger partial charge on any atom is 0.347 e. The lowest BCUT2D eigenvalue weighted by Gasteiger charge is -2.08. The predicted molar refractivity (Wildman–Crippen MR) is 88.8 cm³/mol. The molecule has 2 aromatic carbocycles. The number of benzene rings is 2. The molecule has 116 valence electrons. The fraction of sp³-hybridized carbons (Fsp3) is 0.111. The molecule has 0 amide bonds. The summed E-state index contributed by atoms with van der Waals surface area (Å²) >= 11 is 0. The topological polar surface area (TPSA) is 61.6 Å². The van der Waals surface area contributed by atoms with Crippen LogP contribution in [0, 0.1) is 0 Å². The van der Waals surface area contributed by atoms with Crippen LogP contribution in [0.25, 0.3) is 23.1 Å². The average Bonchev–Trinajstić information content (AvgIpc) is 2.59. The van der Waals surface area contributed by atoms with Gasteiger partial charge in [-0.15, -0.1) is 0 Å². The first kappa shape index (κ1) is 14.8. The lowest BCUT2D eigenvalue weighted by atomic mass is 10.2. The molecule has 3 rings (SSSR count). The van der Waals surface area contributed by atoms with Crippen LogP contribution >= 0.6 is 0 Å². The number of nitrogens with zero attached hydrogens (tertiary/aromatic N) is 1. The van der Waals surface area contributed by atoms with Crippen LogP contribution in [-0.4, -0.2) is 19.2 Å². The van der Waals surface area contributed by atoms with Crippen molar-refractivity contribution in [3.8, 4) is 11.5 Å². The number of fused-ring (bicyclic) bond motifs is 1. The number of aromatic nitrogens is 1. The Balaban J connectivity index is 2.07. The molecule has 0 unspecified atom stereocenters. The fourth-order valence-corrected chi connectivity index (χ4v) is 2.22. The standard InChI is InChI=1S/C18H15NO4/c1-21-15-10-13-14(11-16(15)22-2)19-17(23-18(13)20)9-8-12-6-4-3-5-7-12/h3-11H,1-2H3/b9-8+. The minimum atomic E-state index is -0.469. The highest BCUT2D eigenvalue weighted by atomic mass is 16.5. The van der Waals surface area contributed by atoms with Crippen molar-refractivity contribution in [2.75, 3.05) is 14.2 Å². The summed E-state index contributed by atoms with van der Waals surface area (Å²) in [6, 6.07) is 12.9. The van der Waals surface area contributed by atoms with E-state index in [1.54, 1.807) is 18.2 Å². The lowest BCUT2D eigenvalue weighted by molar-refractivity contribution is 0.355. The van der Waals surface area contributed by atoms with Gasteiger partial charge in [-0.2, -0.15) is 0 Å². The van der Waals surface area contributed by atoms with Gasteiger partial charge in [-0.3, -0.25) is 0 Å². The van der Waals surface area contributed by atoms with Crippen molar-refractivity contribution in [3.05, 3.63) is 64.3 Å². The smallest absolute Gasteiger partial charge is 0.347 e. The van der Waals surface area contributed by atoms with Gasteiger partial charge in [0.2, 0.25) is 5.89 Å². The van der Waals surface area contributed by atoms with E-state index in [1.165, 1.54) is 14.2 Å². The number of hydrogen-bond acceptors (Lipinski definition) is 5. The molecular weight excluding hydrogens is 294 g/mol. The van der Waals surface area contributed by atoms with E-state index in [0.717, 1.165) is 5.56 Å². The Morgan fingerprint density at radius 2 is 1.70 bits per heavy atom. The van der Waals surface area contributed by atoms with Crippen LogP contribution < -0.4 is 15.1 Å². The predicted octanol–water partition coefficient (Wildman–Crippen LogP) is 3.38. The van der Waals surface area contributed by atoms with Crippen molar-refractivity contribution < 1.29 is 13.9 Å². The molecule has 0 N–H and O–H groups in total. The molecule has 0 aliphatic carbocycles. The van der Waals surface area contributed by atoms with Crippen LogP contribution in [0.5, 0.6) is 11.5 Å². The van der Waals surface area contributed by atoms with Gasteiger partial charge < -0.3 is 13.9 Å². The van der Waals surface area contributed by atoms with E-state index in [1.807, 2.05) is 36.4 Å². The van der Waals surface area contributed by atoms with Gasteiger partial charge in [0.1, 0.15) is 0 Å². The van der Waals surface area contributed by atoms with Gasteiger partial charge in [0, 0.05) is 18.2 Å². The number of rotatable bonds is 4. The van der Waals surface area contributed by atoms with Crippen LogP contribution in [0.4, 0.5) is 0 Å². The number of methoxy groups -OCH3 is 2. The third-order valence-corrected chi connectivity index (χ3v) is 3.37. The highest BCUT2D eigenvalue weighted by molar-refractivity contribution is 5.82. The molecule has 3 aromatic rings. The zero-order valence-corrected chi connectivity index (χ0v) is 12.8. The first-order chi connectivity index (χ1) is 11.2. The van der Waals surface area contributed by atoms with Crippen LogP contribution in [-0.2, 0) is 0 Å². The molecule has 0 atom stereocenters. The van der Waals surface area contributed by atoms with Crippen molar-refractivity contribution in [1.29, 1.82) is 0 Å². The van der Waals surface area contributed by atoms with Crippen LogP contribution in [0.3, 0.4) is 0 Å². The summed E-state index contributed by atoms with van der Waals surface area (Å²) in [4.78, 5) is 16.5. The third-order valence-electron chi connectivity index (χ3n) is 3.37. The lowest BCUT2D eigenvalue weighted by Crippen LogP contribution is -2.04. The Bertz CT molecular complexity index is 913. The quantitative estimate of drug-likeness (QED) is 0.739. The highest BCUT2D eigenvalue weighted by Crippen LogP contribution is 2.30. The maximum absolute atomic E-state index is 12.1. The van der Waals surface area contributed by atoms with Gasteiger partial charge in [-0.05, 0) is 11.6 Å². The zero-order chi connectivity index (χ0) is 16.2. The molecular formula is C18H15NO4. The number of hydrogen-bond donors (Lipinski definition) is 0. The molecule has 0 saturated carbocycles. The molecule has 1 aromatic heterocycles. The molecule has 0 aliphatic heterocycles. The van der Waals surface area contributed by atoms with Crippen molar-refractivity contribution in [2.45, 2.75) is 0 Å². The van der Waals surface area contributed by atoms with E-state index in [-0.39, 0.29) is 5.89 Å². The molecule has 5 nitrogen and oxygen atoms in total. The molecule has 0 fully saturated rings. The second-order valence-corrected chi connectivity index (χ2v) is 4.81. The van der Waals surface area contributed by atoms with Gasteiger partial charge in [0.05, 0.1) is 25.1 Å². The van der Waals surface area contributed by atoms with Gasteiger partial charge in [0.25, 0.3) is 0 Å². The van der Waals surface area contributed by atoms with Crippen LogP contribution in [0.15, 0.2) is 51.7 Å². The van der Waals surface area contributed by atoms with E-state index in [4.69, 9.17) is 13.9 Å². The molecule has 0 spiro atoms. The summed E-state index contributed by atoms with van der Waals surface area (Å²) in [6.07, 6.45) is 3.49. The van der Waals surface area contributed by atoms with E-state index >= 15 is 0 Å². The van der Waals surface area contributed by atoms with Crippen molar-refractivity contribution in [2.24, 2.45) is 0 Å². The first-order valence-electron chi connectivity index (χ1n) is 7.01. The Hall–Kier alpha value is -3.08. The van der Waals surface area contributed by atoms with E-state index in [9.17, 15) is 4.79 Å². The monoisotopic (exact) mass is 309 g/mol. The average molecular weight is 309 g/mol. The first-order valence-corrected chi connectivity index (χ1v) is 7.01. The Kier molecular flexibility index (Phi) is 4.10. The van der Waals surface area contributed by atoms with E-state index in [2.05, 4.69) is 4.98 Å². The molecule has 1 heterocycles. The van der Waals surface area contributed by atoms with E-state index in [0.29, 0.717) is 22.4 Å². The molecule has 0 radical (unpaired) electrons. The summed E-state index contributed by atoms with van der Waals surface area (Å²) in [5.41, 5.74) is 1.01. The maximum atomic E-state index is 12.1. The second-order valence-electron chi connectivity index (χ2n) is 4.81. The second kappa shape index (κ2) is 6.36. The summed E-state index contributed by atoms with van der Waals surface area (Å²) in [7, 11) is 3.04. The summed E-state index contributed by atoms with van der Waals surface area (Å²) < 4.78 is 15.7. The minimum Gasteiger partial charge on any atom is -0.493 e. The van der Waals surface area contributed by atoms with Crippen molar-refractivity contribution in [1.82, 2.24) is 4.98 Å². The van der Waals surface area contributed by atoms with Crippen LogP contribution in [0.2, 0.25) is 0 Å². The van der Waals surface area contributed by atoms with Crippen molar-refractivity contribution in [3.63, 3.8) is 0 Å². The van der Waals surface area contributed by atoms with Crippen molar-refractivity contribution >= 4 is 23.1 Å². The highest BCUT2D eigenvalue weighted by Gasteiger charge is 2.11. The molecule has 23 heavy (non-hydrogen) atoms. The SMILES string of the molecule is COc1cc2nc(/C=C/c3ccccc3)oc(=O)c2cc1OC. The van der Waals surface area contributed by atoms with Crippen LogP contribution in [0.1, 0.15) is 11.5 Å². The molecule has 0 aliphatic rings. The normalized spacial score (nSPS) is 11.0. The summed E-state index contributed by atoms with van der Waals surface area (Å²) in [5, 5.41) is 0.347. The Labute approximate surface area is 132 Å². The largest absolute Gasteiger partial charge is 0.493 e. The van der Waals surface area contributed by atoms with E-state index < -0.39 is 5.63 Å². The van der Waals surface area contributed by atoms with Gasteiger partial charge in [-0.1, -0.05) is 30.3 Å². The number of ether oxygens (including phenoxy) is 2. The fourth-order valence-electron chi connectivity index (χ4n) is 2.22. The zero-order valence-electron chi connectivity index (χ0n) is 12.8. The summed E-state index contributed by atoms with van der Waals surface area (Å²) in [6.45, 7) is 0. The Morgan fingerprint density at radius 1 is 1.00 bits per heavy atom. The van der Waals surface area contributed by atoms with Gasteiger partial charge >= 0.3 is 5.63 Å². The molecule has 0 saturated heterocycles.